The third-order valence-corrected chi connectivity index (χ3v) is 6.89. The summed E-state index contributed by atoms with van der Waals surface area (Å²) in [6, 6.07) is 1.69. The molecule has 6 heteroatoms. The Kier molecular flexibility index (Phi) is 7.06. The minimum absolute atomic E-state index is 0.0860. The van der Waals surface area contributed by atoms with Crippen molar-refractivity contribution in [2.75, 3.05) is 13.1 Å². The van der Waals surface area contributed by atoms with Gasteiger partial charge in [0.25, 0.3) is 10.0 Å². The zero-order valence-corrected chi connectivity index (χ0v) is 15.0. The molecule has 1 aromatic rings. The Morgan fingerprint density at radius 3 is 2.67 bits per heavy atom. The smallest absolute Gasteiger partial charge is 0.253 e. The van der Waals surface area contributed by atoms with Gasteiger partial charge in [-0.3, -0.25) is 0 Å². The van der Waals surface area contributed by atoms with Crippen molar-refractivity contribution in [3.8, 4) is 0 Å². The lowest BCUT2D eigenvalue weighted by atomic mass is 10.3. The number of hydrogen-bond acceptors (Lipinski definition) is 4. The molecule has 0 radical (unpaired) electrons. The van der Waals surface area contributed by atoms with E-state index in [1.165, 1.54) is 15.6 Å². The van der Waals surface area contributed by atoms with E-state index in [1.54, 1.807) is 12.1 Å². The van der Waals surface area contributed by atoms with Crippen LogP contribution in [0.1, 0.15) is 37.6 Å². The fourth-order valence-electron chi connectivity index (χ4n) is 2.00. The Morgan fingerprint density at radius 1 is 1.48 bits per heavy atom. The molecule has 0 amide bonds. The van der Waals surface area contributed by atoms with E-state index in [2.05, 4.69) is 18.8 Å². The number of aryl methyl sites for hydroxylation is 1. The molecule has 120 valence electrons. The van der Waals surface area contributed by atoms with E-state index in [4.69, 9.17) is 0 Å². The highest BCUT2D eigenvalue weighted by molar-refractivity contribution is 7.91. The number of rotatable bonds is 9. The van der Waals surface area contributed by atoms with Crippen molar-refractivity contribution in [3.63, 3.8) is 0 Å². The molecule has 1 rings (SSSR count). The zero-order valence-electron chi connectivity index (χ0n) is 13.3. The first-order valence-electron chi connectivity index (χ1n) is 7.27. The first-order valence-corrected chi connectivity index (χ1v) is 9.53. The Balaban J connectivity index is 3.03. The Morgan fingerprint density at radius 2 is 2.14 bits per heavy atom. The van der Waals surface area contributed by atoms with Gasteiger partial charge >= 0.3 is 0 Å². The Hall–Kier alpha value is -0.690. The summed E-state index contributed by atoms with van der Waals surface area (Å²) >= 11 is 1.36. The summed E-state index contributed by atoms with van der Waals surface area (Å²) in [5.41, 5.74) is 1.03. The summed E-state index contributed by atoms with van der Waals surface area (Å²) in [6.45, 7) is 13.5. The highest BCUT2D eigenvalue weighted by Gasteiger charge is 2.28. The van der Waals surface area contributed by atoms with Crippen molar-refractivity contribution >= 4 is 21.4 Å². The minimum Gasteiger partial charge on any atom is -0.312 e. The number of nitrogens with one attached hydrogen (secondary N) is 1. The zero-order chi connectivity index (χ0) is 16.0. The van der Waals surface area contributed by atoms with E-state index in [9.17, 15) is 8.42 Å². The first kappa shape index (κ1) is 18.4. The average Bonchev–Trinajstić information content (AvgIpc) is 2.78. The van der Waals surface area contributed by atoms with Gasteiger partial charge in [-0.25, -0.2) is 8.42 Å². The first-order chi connectivity index (χ1) is 9.84. The summed E-state index contributed by atoms with van der Waals surface area (Å²) in [7, 11) is -3.44. The van der Waals surface area contributed by atoms with Gasteiger partial charge in [-0.2, -0.15) is 4.31 Å². The molecule has 1 aromatic heterocycles. The molecule has 0 bridgehead atoms. The molecule has 0 spiro atoms. The van der Waals surface area contributed by atoms with Gasteiger partial charge in [0.1, 0.15) is 4.21 Å². The number of hydrogen-bond donors (Lipinski definition) is 1. The van der Waals surface area contributed by atoms with E-state index in [0.29, 0.717) is 10.8 Å². The van der Waals surface area contributed by atoms with Crippen molar-refractivity contribution in [1.29, 1.82) is 0 Å². The molecule has 0 aliphatic carbocycles. The molecule has 0 aliphatic heterocycles. The van der Waals surface area contributed by atoms with Gasteiger partial charge in [0.2, 0.25) is 0 Å². The van der Waals surface area contributed by atoms with Crippen LogP contribution in [0.2, 0.25) is 0 Å². The highest BCUT2D eigenvalue weighted by Crippen LogP contribution is 2.29. The van der Waals surface area contributed by atoms with Crippen molar-refractivity contribution in [3.05, 3.63) is 29.2 Å². The average molecular weight is 331 g/mol. The van der Waals surface area contributed by atoms with Crippen LogP contribution >= 0.6 is 11.3 Å². The maximum atomic E-state index is 12.7. The van der Waals surface area contributed by atoms with E-state index < -0.39 is 10.0 Å². The summed E-state index contributed by atoms with van der Waals surface area (Å²) in [5.74, 6) is 0. The molecule has 0 aromatic carbocycles. The van der Waals surface area contributed by atoms with Crippen LogP contribution in [0.5, 0.6) is 0 Å². The van der Waals surface area contributed by atoms with E-state index >= 15 is 0 Å². The Labute approximate surface area is 132 Å². The second-order valence-electron chi connectivity index (χ2n) is 5.31. The van der Waals surface area contributed by atoms with Gasteiger partial charge < -0.3 is 5.32 Å². The molecule has 21 heavy (non-hydrogen) atoms. The molecular formula is C15H26N2O2S2. The van der Waals surface area contributed by atoms with Crippen LogP contribution in [-0.4, -0.2) is 31.9 Å². The molecule has 1 N–H and O–H groups in total. The van der Waals surface area contributed by atoms with Crippen LogP contribution in [0, 0.1) is 6.92 Å². The van der Waals surface area contributed by atoms with Gasteiger partial charge in [0, 0.05) is 24.0 Å². The van der Waals surface area contributed by atoms with Gasteiger partial charge in [-0.05, 0) is 45.4 Å². The monoisotopic (exact) mass is 330 g/mol. The lowest BCUT2D eigenvalue weighted by Crippen LogP contribution is -2.36. The van der Waals surface area contributed by atoms with E-state index in [-0.39, 0.29) is 6.04 Å². The topological polar surface area (TPSA) is 49.4 Å². The predicted octanol–water partition coefficient (Wildman–Crippen LogP) is 3.14. The minimum atomic E-state index is -3.44. The van der Waals surface area contributed by atoms with Gasteiger partial charge in [-0.15, -0.1) is 17.9 Å². The molecule has 0 atom stereocenters. The Bertz CT molecular complexity index is 562. The van der Waals surface area contributed by atoms with Crippen LogP contribution in [-0.2, 0) is 16.6 Å². The normalized spacial score (nSPS) is 12.3. The van der Waals surface area contributed by atoms with Crippen molar-refractivity contribution < 1.29 is 8.42 Å². The molecule has 0 unspecified atom stereocenters. The molecule has 0 saturated carbocycles. The summed E-state index contributed by atoms with van der Waals surface area (Å²) < 4.78 is 27.4. The van der Waals surface area contributed by atoms with Crippen molar-refractivity contribution in [2.45, 2.75) is 50.9 Å². The van der Waals surface area contributed by atoms with Crippen molar-refractivity contribution in [2.24, 2.45) is 0 Å². The van der Waals surface area contributed by atoms with Gasteiger partial charge in [0.15, 0.2) is 0 Å². The number of thiophene rings is 1. The SMILES string of the molecule is C=CCN(C(C)C)S(=O)(=O)c1cc(C)c(CNCCC)s1. The standard InChI is InChI=1S/C15H26N2O2S2/c1-6-8-16-11-14-13(5)10-15(20-14)21(18,19)17(9-7-2)12(3)4/h7,10,12,16H,2,6,8-9,11H2,1,3-5H3. The van der Waals surface area contributed by atoms with E-state index in [0.717, 1.165) is 30.0 Å². The lowest BCUT2D eigenvalue weighted by molar-refractivity contribution is 0.384. The van der Waals surface area contributed by atoms with Gasteiger partial charge in [0.05, 0.1) is 0 Å². The van der Waals surface area contributed by atoms with Crippen LogP contribution in [0.4, 0.5) is 0 Å². The number of sulfonamides is 1. The highest BCUT2D eigenvalue weighted by atomic mass is 32.2. The lowest BCUT2D eigenvalue weighted by Gasteiger charge is -2.23. The third-order valence-electron chi connectivity index (χ3n) is 3.16. The molecular weight excluding hydrogens is 304 g/mol. The van der Waals surface area contributed by atoms with Crippen LogP contribution < -0.4 is 5.32 Å². The van der Waals surface area contributed by atoms with Crippen LogP contribution in [0.3, 0.4) is 0 Å². The van der Waals surface area contributed by atoms with Gasteiger partial charge in [-0.1, -0.05) is 13.0 Å². The van der Waals surface area contributed by atoms with Crippen LogP contribution in [0.15, 0.2) is 22.9 Å². The summed E-state index contributed by atoms with van der Waals surface area (Å²) in [4.78, 5) is 1.09. The molecule has 0 saturated heterocycles. The molecule has 0 aliphatic rings. The van der Waals surface area contributed by atoms with Crippen molar-refractivity contribution in [1.82, 2.24) is 9.62 Å². The summed E-state index contributed by atoms with van der Waals surface area (Å²) in [5, 5.41) is 3.32. The second kappa shape index (κ2) is 8.08. The molecule has 0 fully saturated rings. The van der Waals surface area contributed by atoms with E-state index in [1.807, 2.05) is 20.8 Å². The predicted molar refractivity (Wildman–Crippen MR) is 90.3 cm³/mol. The maximum Gasteiger partial charge on any atom is 0.253 e. The van der Waals surface area contributed by atoms with Crippen LogP contribution in [0.25, 0.3) is 0 Å². The quantitative estimate of drug-likeness (QED) is 0.559. The maximum absolute atomic E-state index is 12.7. The largest absolute Gasteiger partial charge is 0.312 e. The third kappa shape index (κ3) is 4.64. The number of nitrogens with zero attached hydrogens (tertiary/aromatic N) is 1. The fraction of sp³-hybridized carbons (Fsp3) is 0.600. The second-order valence-corrected chi connectivity index (χ2v) is 8.56. The summed E-state index contributed by atoms with van der Waals surface area (Å²) in [6.07, 6.45) is 2.69. The molecule has 4 nitrogen and oxygen atoms in total. The fourth-order valence-corrected chi connectivity index (χ4v) is 5.30. The molecule has 1 heterocycles.